The van der Waals surface area contributed by atoms with Gasteiger partial charge in [0.15, 0.2) is 13.7 Å². The summed E-state index contributed by atoms with van der Waals surface area (Å²) >= 11 is 0. The average Bonchev–Trinajstić information content (AvgIpc) is 3.99. The summed E-state index contributed by atoms with van der Waals surface area (Å²) in [5.74, 6) is 0. The van der Waals surface area contributed by atoms with Crippen LogP contribution in [0.1, 0.15) is 5.48 Å². The van der Waals surface area contributed by atoms with E-state index in [1.807, 2.05) is 95.6 Å². The Morgan fingerprint density at radius 3 is 1.47 bits per heavy atom. The zero-order chi connectivity index (χ0) is 41.7. The van der Waals surface area contributed by atoms with Crippen LogP contribution in [0, 0.1) is 0 Å². The number of rotatable bonds is 6. The molecule has 272 valence electrons. The quantitative estimate of drug-likeness (QED) is 0.122. The zero-order valence-corrected chi connectivity index (χ0v) is 32.3. The lowest BCUT2D eigenvalue weighted by molar-refractivity contribution is 0.666. The first-order valence-corrected chi connectivity index (χ1v) is 21.6. The largest absolute Gasteiger partial charge is 0.454 e. The molecule has 0 aliphatic rings. The Balaban J connectivity index is 1.28. The van der Waals surface area contributed by atoms with Gasteiger partial charge in [0.2, 0.25) is 0 Å². The highest BCUT2D eigenvalue weighted by atomic mass is 28.3. The topological polar surface area (TPSA) is 23.0 Å². The van der Waals surface area contributed by atoms with Crippen LogP contribution in [0.4, 0.5) is 0 Å². The summed E-state index contributed by atoms with van der Waals surface area (Å²) in [7, 11) is -3.52. The molecule has 9 aromatic carbocycles. The summed E-state index contributed by atoms with van der Waals surface area (Å²) in [6.07, 6.45) is 0. The Morgan fingerprint density at radius 2 is 0.897 bits per heavy atom. The number of hydrogen-bond donors (Lipinski definition) is 0. The molecule has 0 aliphatic carbocycles. The number of aromatic nitrogens is 2. The molecule has 0 saturated heterocycles. The van der Waals surface area contributed by atoms with Gasteiger partial charge in [0, 0.05) is 32.6 Å². The van der Waals surface area contributed by atoms with Crippen molar-refractivity contribution in [1.82, 2.24) is 9.13 Å². The van der Waals surface area contributed by atoms with Crippen LogP contribution in [0.5, 0.6) is 0 Å². The molecule has 0 unspecified atom stereocenters. The van der Waals surface area contributed by atoms with Crippen molar-refractivity contribution >= 4 is 94.4 Å². The van der Waals surface area contributed by atoms with Crippen molar-refractivity contribution in [2.24, 2.45) is 0 Å². The van der Waals surface area contributed by atoms with Crippen LogP contribution in [0.2, 0.25) is 0 Å². The van der Waals surface area contributed by atoms with Crippen LogP contribution in [0.25, 0.3) is 76.9 Å². The molecule has 12 aromatic rings. The Hall–Kier alpha value is -7.40. The SMILES string of the molecule is [2H]c1c([2H])c(-n2c3ccccc3c3cc(-n4c5ccccc5c5ccccc54)c4oc5ccccc5c4c32)c([2H])c([Si](c2ccccc2)(c2ccccc2)c2ccccc2)c1[2H]. The third-order valence-electron chi connectivity index (χ3n) is 11.9. The first-order valence-electron chi connectivity index (χ1n) is 21.6. The van der Waals surface area contributed by atoms with E-state index in [0.717, 1.165) is 81.2 Å². The molecule has 4 heteroatoms. The van der Waals surface area contributed by atoms with Crippen LogP contribution in [-0.2, 0) is 0 Å². The van der Waals surface area contributed by atoms with Crippen molar-refractivity contribution in [1.29, 1.82) is 0 Å². The molecule has 58 heavy (non-hydrogen) atoms. The molecule has 0 spiro atoms. The third-order valence-corrected chi connectivity index (χ3v) is 16.5. The van der Waals surface area contributed by atoms with Gasteiger partial charge in [0.05, 0.1) is 38.6 Å². The van der Waals surface area contributed by atoms with Gasteiger partial charge in [-0.25, -0.2) is 0 Å². The molecule has 0 fully saturated rings. The van der Waals surface area contributed by atoms with Crippen molar-refractivity contribution < 1.29 is 9.90 Å². The smallest absolute Gasteiger partial charge is 0.179 e. The minimum atomic E-state index is -3.52. The van der Waals surface area contributed by atoms with Gasteiger partial charge in [-0.3, -0.25) is 0 Å². The van der Waals surface area contributed by atoms with Gasteiger partial charge in [0.1, 0.15) is 5.58 Å². The van der Waals surface area contributed by atoms with Crippen molar-refractivity contribution in [3.8, 4) is 11.4 Å². The number of hydrogen-bond acceptors (Lipinski definition) is 1. The van der Waals surface area contributed by atoms with Crippen LogP contribution < -0.4 is 20.7 Å². The monoisotopic (exact) mass is 760 g/mol. The first-order chi connectivity index (χ1) is 30.5. The second kappa shape index (κ2) is 12.8. The van der Waals surface area contributed by atoms with Gasteiger partial charge >= 0.3 is 0 Å². The van der Waals surface area contributed by atoms with E-state index in [1.165, 1.54) is 0 Å². The van der Waals surface area contributed by atoms with E-state index in [9.17, 15) is 5.48 Å². The van der Waals surface area contributed by atoms with E-state index in [-0.39, 0.29) is 29.9 Å². The highest BCUT2D eigenvalue weighted by Crippen LogP contribution is 2.45. The molecule has 0 saturated carbocycles. The molecule has 0 N–H and O–H groups in total. The second-order valence-electron chi connectivity index (χ2n) is 14.9. The Morgan fingerprint density at radius 1 is 0.431 bits per heavy atom. The van der Waals surface area contributed by atoms with Gasteiger partial charge in [0.25, 0.3) is 0 Å². The molecular weight excluding hydrogens is 721 g/mol. The Kier molecular flexibility index (Phi) is 6.39. The fourth-order valence-corrected chi connectivity index (χ4v) is 14.0. The van der Waals surface area contributed by atoms with Gasteiger partial charge in [-0.05, 0) is 63.2 Å². The third kappa shape index (κ3) is 4.61. The van der Waals surface area contributed by atoms with Crippen molar-refractivity contribution in [3.63, 3.8) is 0 Å². The second-order valence-corrected chi connectivity index (χ2v) is 18.6. The van der Waals surface area contributed by atoms with Crippen molar-refractivity contribution in [3.05, 3.63) is 218 Å². The Bertz CT molecular complexity index is 3600. The number of furan rings is 1. The maximum atomic E-state index is 10.6. The van der Waals surface area contributed by atoms with Crippen molar-refractivity contribution in [2.45, 2.75) is 0 Å². The van der Waals surface area contributed by atoms with Gasteiger partial charge in [-0.2, -0.15) is 0 Å². The lowest BCUT2D eigenvalue weighted by Crippen LogP contribution is -2.74. The van der Waals surface area contributed by atoms with E-state index < -0.39 is 8.07 Å². The summed E-state index contributed by atoms with van der Waals surface area (Å²) in [5, 5.41) is 9.34. The molecule has 3 heterocycles. The minimum absolute atomic E-state index is 0.0642. The summed E-state index contributed by atoms with van der Waals surface area (Å²) < 4.78 is 51.2. The molecule has 12 rings (SSSR count). The molecule has 0 bridgehead atoms. The lowest BCUT2D eigenvalue weighted by Gasteiger charge is -2.34. The van der Waals surface area contributed by atoms with Gasteiger partial charge in [-0.15, -0.1) is 0 Å². The Labute approximate surface area is 341 Å². The van der Waals surface area contributed by atoms with Gasteiger partial charge in [-0.1, -0.05) is 176 Å². The van der Waals surface area contributed by atoms with Crippen LogP contribution >= 0.6 is 0 Å². The normalized spacial score (nSPS) is 13.1. The summed E-state index contributed by atoms with van der Waals surface area (Å²) in [6, 6.07) is 65.5. The molecule has 3 aromatic heterocycles. The van der Waals surface area contributed by atoms with E-state index >= 15 is 0 Å². The molecular formula is C54H36N2OSi. The standard InChI is InChI=1S/C54H36N2OSi/c1-4-20-38(21-5-1)58(39-22-6-2-7-23-39,40-24-8-3-9-25-40)41-26-18-19-37(35-41)55-47-31-14-12-29-44(47)46-36-50(54-52(53(46)55)45-30-13-17-34-51(45)57-54)56-48-32-15-10-27-42(48)43-28-11-16-33-49(43)56/h1-36H/i18D,19D,26D,35D. The first kappa shape index (κ1) is 28.9. The van der Waals surface area contributed by atoms with E-state index in [0.29, 0.717) is 10.8 Å². The van der Waals surface area contributed by atoms with Crippen molar-refractivity contribution in [2.75, 3.05) is 0 Å². The summed E-state index contributed by atoms with van der Waals surface area (Å²) in [6.45, 7) is 0. The van der Waals surface area contributed by atoms with Crippen LogP contribution in [0.15, 0.2) is 223 Å². The number of para-hydroxylation sites is 4. The summed E-state index contributed by atoms with van der Waals surface area (Å²) in [4.78, 5) is 0. The molecule has 0 radical (unpaired) electrons. The van der Waals surface area contributed by atoms with E-state index in [4.69, 9.17) is 4.42 Å². The number of fused-ring (bicyclic) bond motifs is 10. The summed E-state index contributed by atoms with van der Waals surface area (Å²) in [5.41, 5.74) is 6.24. The van der Waals surface area contributed by atoms with E-state index in [2.05, 4.69) is 108 Å². The molecule has 3 nitrogen and oxygen atoms in total. The number of nitrogens with zero attached hydrogens (tertiary/aromatic N) is 2. The zero-order valence-electron chi connectivity index (χ0n) is 35.3. The fourth-order valence-electron chi connectivity index (χ4n) is 9.53. The maximum Gasteiger partial charge on any atom is 0.179 e. The molecule has 0 aliphatic heterocycles. The maximum absolute atomic E-state index is 10.6. The molecule has 0 atom stereocenters. The van der Waals surface area contributed by atoms with Gasteiger partial charge < -0.3 is 13.6 Å². The average molecular weight is 761 g/mol. The van der Waals surface area contributed by atoms with Crippen LogP contribution in [0.3, 0.4) is 0 Å². The predicted octanol–water partition coefficient (Wildman–Crippen LogP) is 11.2. The minimum Gasteiger partial charge on any atom is -0.454 e. The fraction of sp³-hybridized carbons (Fsp3) is 0. The molecule has 0 amide bonds. The van der Waals surface area contributed by atoms with E-state index in [1.54, 1.807) is 0 Å². The highest BCUT2D eigenvalue weighted by Gasteiger charge is 2.41. The number of benzene rings is 9. The highest BCUT2D eigenvalue weighted by molar-refractivity contribution is 7.19. The predicted molar refractivity (Wildman–Crippen MR) is 246 cm³/mol. The lowest BCUT2D eigenvalue weighted by atomic mass is 10.1. The van der Waals surface area contributed by atoms with Crippen LogP contribution in [-0.4, -0.2) is 17.2 Å².